The molecule has 0 saturated heterocycles. The van der Waals surface area contributed by atoms with E-state index in [4.69, 9.17) is 10.2 Å². The van der Waals surface area contributed by atoms with Crippen LogP contribution in [0, 0.1) is 0 Å². The van der Waals surface area contributed by atoms with E-state index in [1.165, 1.54) is 0 Å². The van der Waals surface area contributed by atoms with Crippen molar-refractivity contribution in [1.29, 1.82) is 0 Å². The Kier molecular flexibility index (Phi) is 2.70. The van der Waals surface area contributed by atoms with Crippen molar-refractivity contribution in [3.63, 3.8) is 0 Å². The first-order valence-electron chi connectivity index (χ1n) is 5.76. The van der Waals surface area contributed by atoms with Gasteiger partial charge in [-0.2, -0.15) is 5.10 Å². The number of nitrogens with zero attached hydrogens (tertiary/aromatic N) is 2. The number of benzene rings is 1. The monoisotopic (exact) mass is 239 g/mol. The Morgan fingerprint density at radius 1 is 1.11 bits per heavy atom. The van der Waals surface area contributed by atoms with Crippen LogP contribution >= 0.6 is 0 Å². The summed E-state index contributed by atoms with van der Waals surface area (Å²) in [7, 11) is 0. The van der Waals surface area contributed by atoms with Crippen LogP contribution in [-0.2, 0) is 6.54 Å². The molecule has 0 saturated carbocycles. The van der Waals surface area contributed by atoms with Crippen LogP contribution in [0.15, 0.2) is 59.3 Å². The molecular weight excluding hydrogens is 226 g/mol. The highest BCUT2D eigenvalue weighted by atomic mass is 16.3. The van der Waals surface area contributed by atoms with Crippen molar-refractivity contribution < 1.29 is 4.42 Å². The van der Waals surface area contributed by atoms with Crippen molar-refractivity contribution in [1.82, 2.24) is 9.78 Å². The third kappa shape index (κ3) is 1.94. The zero-order valence-corrected chi connectivity index (χ0v) is 9.78. The summed E-state index contributed by atoms with van der Waals surface area (Å²) in [5, 5.41) is 4.32. The van der Waals surface area contributed by atoms with Gasteiger partial charge in [-0.15, -0.1) is 0 Å². The first-order valence-corrected chi connectivity index (χ1v) is 5.76. The number of aromatic nitrogens is 2. The Morgan fingerprint density at radius 2 is 1.94 bits per heavy atom. The summed E-state index contributed by atoms with van der Waals surface area (Å²) in [5.41, 5.74) is 7.49. The average Bonchev–Trinajstić information content (AvgIpc) is 3.08. The number of para-hydroxylation sites is 1. The van der Waals surface area contributed by atoms with Gasteiger partial charge in [0.05, 0.1) is 24.0 Å². The van der Waals surface area contributed by atoms with Gasteiger partial charge in [0.25, 0.3) is 0 Å². The Hall–Kier alpha value is -2.33. The van der Waals surface area contributed by atoms with Crippen LogP contribution in [0.3, 0.4) is 0 Å². The van der Waals surface area contributed by atoms with Crippen molar-refractivity contribution >= 4 is 0 Å². The molecule has 0 atom stereocenters. The highest BCUT2D eigenvalue weighted by molar-refractivity contribution is 5.56. The van der Waals surface area contributed by atoms with Crippen molar-refractivity contribution in [2.24, 2.45) is 5.73 Å². The molecule has 0 aliphatic carbocycles. The largest absolute Gasteiger partial charge is 0.460 e. The maximum Gasteiger partial charge on any atom is 0.137 e. The van der Waals surface area contributed by atoms with Gasteiger partial charge in [0.15, 0.2) is 0 Å². The zero-order chi connectivity index (χ0) is 12.4. The van der Waals surface area contributed by atoms with Crippen LogP contribution in [0.1, 0.15) is 5.76 Å². The van der Waals surface area contributed by atoms with Gasteiger partial charge >= 0.3 is 0 Å². The number of hydrogen-bond donors (Lipinski definition) is 1. The van der Waals surface area contributed by atoms with Crippen molar-refractivity contribution in [2.45, 2.75) is 6.54 Å². The minimum Gasteiger partial charge on any atom is -0.460 e. The van der Waals surface area contributed by atoms with E-state index in [9.17, 15) is 0 Å². The number of furan rings is 1. The molecule has 4 heteroatoms. The third-order valence-corrected chi connectivity index (χ3v) is 2.75. The number of rotatable bonds is 3. The molecule has 1 aromatic carbocycles. The highest BCUT2D eigenvalue weighted by Crippen LogP contribution is 2.22. The fraction of sp³-hybridized carbons (Fsp3) is 0.0714. The summed E-state index contributed by atoms with van der Waals surface area (Å²) in [6, 6.07) is 13.7. The molecule has 2 N–H and O–H groups in total. The molecule has 90 valence electrons. The second kappa shape index (κ2) is 4.50. The molecule has 0 radical (unpaired) electrons. The third-order valence-electron chi connectivity index (χ3n) is 2.75. The summed E-state index contributed by atoms with van der Waals surface area (Å²) in [6.07, 6.45) is 3.72. The molecule has 18 heavy (non-hydrogen) atoms. The van der Waals surface area contributed by atoms with E-state index in [1.54, 1.807) is 6.20 Å². The van der Waals surface area contributed by atoms with Crippen LogP contribution in [0.4, 0.5) is 0 Å². The molecule has 0 amide bonds. The van der Waals surface area contributed by atoms with Gasteiger partial charge in [0.2, 0.25) is 0 Å². The lowest BCUT2D eigenvalue weighted by Crippen LogP contribution is -1.92. The lowest BCUT2D eigenvalue weighted by Gasteiger charge is -1.98. The van der Waals surface area contributed by atoms with E-state index in [1.807, 2.05) is 53.3 Å². The quantitative estimate of drug-likeness (QED) is 0.764. The fourth-order valence-corrected chi connectivity index (χ4v) is 1.81. The summed E-state index contributed by atoms with van der Waals surface area (Å²) in [5.74, 6) is 1.56. The van der Waals surface area contributed by atoms with Gasteiger partial charge in [-0.3, -0.25) is 0 Å². The van der Waals surface area contributed by atoms with E-state index in [-0.39, 0.29) is 0 Å². The molecule has 2 heterocycles. The molecule has 4 nitrogen and oxygen atoms in total. The molecule has 0 aliphatic rings. The van der Waals surface area contributed by atoms with Crippen LogP contribution in [0.5, 0.6) is 0 Å². The number of nitrogens with two attached hydrogens (primary N) is 1. The molecule has 3 aromatic rings. The fourth-order valence-electron chi connectivity index (χ4n) is 1.81. The van der Waals surface area contributed by atoms with Crippen LogP contribution in [0.25, 0.3) is 17.0 Å². The first-order chi connectivity index (χ1) is 8.86. The predicted molar refractivity (Wildman–Crippen MR) is 69.2 cm³/mol. The molecular formula is C14H13N3O. The number of hydrogen-bond acceptors (Lipinski definition) is 3. The minimum atomic E-state index is 0.410. The highest BCUT2D eigenvalue weighted by Gasteiger charge is 2.07. The van der Waals surface area contributed by atoms with Crippen molar-refractivity contribution in [3.05, 3.63) is 60.6 Å². The van der Waals surface area contributed by atoms with Crippen LogP contribution < -0.4 is 5.73 Å². The lowest BCUT2D eigenvalue weighted by atomic mass is 10.3. The molecule has 2 aromatic heterocycles. The maximum absolute atomic E-state index is 5.59. The van der Waals surface area contributed by atoms with E-state index < -0.39 is 0 Å². The SMILES string of the molecule is NCc1ccc(-c2cnn(-c3ccccc3)c2)o1. The Labute approximate surface area is 105 Å². The van der Waals surface area contributed by atoms with Gasteiger partial charge in [-0.05, 0) is 24.3 Å². The second-order valence-electron chi connectivity index (χ2n) is 3.98. The summed E-state index contributed by atoms with van der Waals surface area (Å²) < 4.78 is 7.41. The molecule has 0 spiro atoms. The normalized spacial score (nSPS) is 10.7. The smallest absolute Gasteiger partial charge is 0.137 e. The van der Waals surface area contributed by atoms with Crippen LogP contribution in [-0.4, -0.2) is 9.78 Å². The summed E-state index contributed by atoms with van der Waals surface area (Å²) in [6.45, 7) is 0.410. The Morgan fingerprint density at radius 3 is 2.67 bits per heavy atom. The molecule has 3 rings (SSSR count). The lowest BCUT2D eigenvalue weighted by molar-refractivity contribution is 0.525. The van der Waals surface area contributed by atoms with E-state index in [0.717, 1.165) is 22.8 Å². The van der Waals surface area contributed by atoms with Crippen molar-refractivity contribution in [2.75, 3.05) is 0 Å². The minimum absolute atomic E-state index is 0.410. The van der Waals surface area contributed by atoms with Gasteiger partial charge in [-0.25, -0.2) is 4.68 Å². The predicted octanol–water partition coefficient (Wildman–Crippen LogP) is 2.59. The summed E-state index contributed by atoms with van der Waals surface area (Å²) in [4.78, 5) is 0. The second-order valence-corrected chi connectivity index (χ2v) is 3.98. The molecule has 0 unspecified atom stereocenters. The zero-order valence-electron chi connectivity index (χ0n) is 9.78. The van der Waals surface area contributed by atoms with Gasteiger partial charge in [0, 0.05) is 6.20 Å². The Balaban J connectivity index is 1.94. The maximum atomic E-state index is 5.59. The van der Waals surface area contributed by atoms with Gasteiger partial charge in [0.1, 0.15) is 11.5 Å². The molecule has 0 fully saturated rings. The van der Waals surface area contributed by atoms with Gasteiger partial charge < -0.3 is 10.2 Å². The first kappa shape index (κ1) is 10.8. The average molecular weight is 239 g/mol. The molecule has 0 aliphatic heterocycles. The van der Waals surface area contributed by atoms with Crippen molar-refractivity contribution in [3.8, 4) is 17.0 Å². The topological polar surface area (TPSA) is 57.0 Å². The van der Waals surface area contributed by atoms with Gasteiger partial charge in [-0.1, -0.05) is 18.2 Å². The Bertz CT molecular complexity index is 640. The standard InChI is InChI=1S/C14H13N3O/c15-8-13-6-7-14(18-13)11-9-16-17(10-11)12-4-2-1-3-5-12/h1-7,9-10H,8,15H2. The van der Waals surface area contributed by atoms with E-state index in [0.29, 0.717) is 6.54 Å². The molecule has 0 bridgehead atoms. The van der Waals surface area contributed by atoms with E-state index >= 15 is 0 Å². The van der Waals surface area contributed by atoms with E-state index in [2.05, 4.69) is 5.10 Å². The van der Waals surface area contributed by atoms with Crippen LogP contribution in [0.2, 0.25) is 0 Å². The summed E-state index contributed by atoms with van der Waals surface area (Å²) >= 11 is 0.